The number of nitrogens with two attached hydrogens (primary N) is 1. The summed E-state index contributed by atoms with van der Waals surface area (Å²) in [5.74, 6) is 6.46. The highest BCUT2D eigenvalue weighted by Gasteiger charge is 2.43. The second-order valence-electron chi connectivity index (χ2n) is 4.83. The van der Waals surface area contributed by atoms with Crippen LogP contribution in [0.3, 0.4) is 0 Å². The van der Waals surface area contributed by atoms with Crippen LogP contribution in [0.2, 0.25) is 0 Å². The van der Waals surface area contributed by atoms with E-state index in [-0.39, 0.29) is 10.3 Å². The molecule has 3 nitrogen and oxygen atoms in total. The van der Waals surface area contributed by atoms with E-state index < -0.39 is 17.8 Å². The van der Waals surface area contributed by atoms with E-state index in [1.165, 1.54) is 6.20 Å². The normalized spacial score (nSPS) is 25.5. The molecule has 0 aromatic carbocycles. The van der Waals surface area contributed by atoms with Crippen LogP contribution < -0.4 is 11.3 Å². The minimum absolute atomic E-state index is 0.120. The number of nitrogens with zero attached hydrogens (tertiary/aromatic N) is 1. The molecule has 3 N–H and O–H groups in total. The van der Waals surface area contributed by atoms with E-state index in [4.69, 9.17) is 5.84 Å². The molecule has 1 aliphatic rings. The Bertz CT molecular complexity index is 444. The first-order chi connectivity index (χ1) is 8.88. The monoisotopic (exact) mass is 291 g/mol. The summed E-state index contributed by atoms with van der Waals surface area (Å²) in [5, 5.41) is 0. The summed E-state index contributed by atoms with van der Waals surface area (Å²) in [7, 11) is 0. The van der Waals surface area contributed by atoms with Crippen LogP contribution in [0.15, 0.2) is 18.5 Å². The van der Waals surface area contributed by atoms with E-state index in [1.807, 2.05) is 6.92 Å². The lowest BCUT2D eigenvalue weighted by Gasteiger charge is -2.34. The molecule has 2 atom stereocenters. The number of hydrogen-bond donors (Lipinski definition) is 2. The molecule has 2 heterocycles. The number of halogens is 3. The van der Waals surface area contributed by atoms with Crippen LogP contribution in [-0.4, -0.2) is 15.5 Å². The lowest BCUT2D eigenvalue weighted by atomic mass is 9.89. The standard InChI is InChI=1S/C12H16F3N3S/c1-11(4-2-6-19-11)10(18-16)8-7-17-5-3-9(8)12(13,14)15/h3,5,7,10,18H,2,4,6,16H2,1H3. The van der Waals surface area contributed by atoms with Gasteiger partial charge in [-0.1, -0.05) is 0 Å². The van der Waals surface area contributed by atoms with Crippen LogP contribution in [0.4, 0.5) is 13.2 Å². The Balaban J connectivity index is 2.44. The summed E-state index contributed by atoms with van der Waals surface area (Å²) in [6, 6.07) is 0.438. The Hall–Kier alpha value is -0.790. The summed E-state index contributed by atoms with van der Waals surface area (Å²) in [5.41, 5.74) is 2.00. The first-order valence-corrected chi connectivity index (χ1v) is 6.98. The molecule has 1 aromatic heterocycles. The summed E-state index contributed by atoms with van der Waals surface area (Å²) < 4.78 is 38.8. The largest absolute Gasteiger partial charge is 0.416 e. The van der Waals surface area contributed by atoms with E-state index in [0.717, 1.165) is 30.9 Å². The summed E-state index contributed by atoms with van der Waals surface area (Å²) in [6.45, 7) is 1.95. The van der Waals surface area contributed by atoms with Crippen molar-refractivity contribution in [2.24, 2.45) is 5.84 Å². The van der Waals surface area contributed by atoms with Gasteiger partial charge in [0.1, 0.15) is 0 Å². The van der Waals surface area contributed by atoms with Gasteiger partial charge in [0.2, 0.25) is 0 Å². The van der Waals surface area contributed by atoms with Gasteiger partial charge in [-0.25, -0.2) is 0 Å². The molecule has 1 fully saturated rings. The van der Waals surface area contributed by atoms with E-state index in [0.29, 0.717) is 0 Å². The van der Waals surface area contributed by atoms with Gasteiger partial charge in [0.15, 0.2) is 0 Å². The predicted molar refractivity (Wildman–Crippen MR) is 69.4 cm³/mol. The summed E-state index contributed by atoms with van der Waals surface area (Å²) >= 11 is 1.65. The third-order valence-corrected chi connectivity index (χ3v) is 5.09. The molecule has 0 aliphatic carbocycles. The second-order valence-corrected chi connectivity index (χ2v) is 6.45. The highest BCUT2D eigenvalue weighted by Crippen LogP contribution is 2.48. The van der Waals surface area contributed by atoms with Gasteiger partial charge >= 0.3 is 6.18 Å². The Morgan fingerprint density at radius 2 is 2.26 bits per heavy atom. The second kappa shape index (κ2) is 5.30. The number of thioether (sulfide) groups is 1. The zero-order chi connectivity index (χ0) is 14.1. The molecule has 0 radical (unpaired) electrons. The third-order valence-electron chi connectivity index (χ3n) is 3.49. The quantitative estimate of drug-likeness (QED) is 0.664. The molecule has 7 heteroatoms. The van der Waals surface area contributed by atoms with Crippen molar-refractivity contribution in [3.63, 3.8) is 0 Å². The van der Waals surface area contributed by atoms with Gasteiger partial charge in [0.05, 0.1) is 11.6 Å². The lowest BCUT2D eigenvalue weighted by molar-refractivity contribution is -0.138. The average Bonchev–Trinajstić information content (AvgIpc) is 2.77. The van der Waals surface area contributed by atoms with Crippen molar-refractivity contribution in [3.05, 3.63) is 29.6 Å². The number of hydrazine groups is 1. The molecule has 1 aliphatic heterocycles. The van der Waals surface area contributed by atoms with Crippen molar-refractivity contribution < 1.29 is 13.2 Å². The van der Waals surface area contributed by atoms with Crippen molar-refractivity contribution in [2.75, 3.05) is 5.75 Å². The molecule has 1 saturated heterocycles. The van der Waals surface area contributed by atoms with Gasteiger partial charge in [-0.05, 0) is 31.6 Å². The molecule has 0 amide bonds. The predicted octanol–water partition coefficient (Wildman–Crippen LogP) is 2.89. The van der Waals surface area contributed by atoms with Gasteiger partial charge in [-0.2, -0.15) is 24.9 Å². The molecular weight excluding hydrogens is 275 g/mol. The van der Waals surface area contributed by atoms with Crippen molar-refractivity contribution in [1.82, 2.24) is 10.4 Å². The van der Waals surface area contributed by atoms with E-state index in [1.54, 1.807) is 11.8 Å². The molecule has 2 rings (SSSR count). The van der Waals surface area contributed by atoms with Gasteiger partial charge in [-0.15, -0.1) is 0 Å². The summed E-state index contributed by atoms with van der Waals surface area (Å²) in [4.78, 5) is 3.83. The number of rotatable bonds is 3. The fourth-order valence-electron chi connectivity index (χ4n) is 2.52. The Morgan fingerprint density at radius 3 is 2.79 bits per heavy atom. The molecule has 1 aromatic rings. The number of aromatic nitrogens is 1. The van der Waals surface area contributed by atoms with E-state index in [2.05, 4.69) is 10.4 Å². The minimum Gasteiger partial charge on any atom is -0.271 e. The first kappa shape index (κ1) is 14.6. The highest BCUT2D eigenvalue weighted by atomic mass is 32.2. The van der Waals surface area contributed by atoms with Crippen LogP contribution >= 0.6 is 11.8 Å². The first-order valence-electron chi connectivity index (χ1n) is 6.00. The van der Waals surface area contributed by atoms with Gasteiger partial charge in [0, 0.05) is 22.7 Å². The molecule has 0 spiro atoms. The molecule has 106 valence electrons. The lowest BCUT2D eigenvalue weighted by Crippen LogP contribution is -2.42. The van der Waals surface area contributed by atoms with Crippen LogP contribution in [0.5, 0.6) is 0 Å². The van der Waals surface area contributed by atoms with Crippen molar-refractivity contribution in [2.45, 2.75) is 36.7 Å². The van der Waals surface area contributed by atoms with Crippen LogP contribution in [-0.2, 0) is 6.18 Å². The Kier molecular flexibility index (Phi) is 4.08. The topological polar surface area (TPSA) is 50.9 Å². The van der Waals surface area contributed by atoms with Crippen molar-refractivity contribution in [1.29, 1.82) is 0 Å². The fraction of sp³-hybridized carbons (Fsp3) is 0.583. The molecule has 2 unspecified atom stereocenters. The van der Waals surface area contributed by atoms with Crippen LogP contribution in [0, 0.1) is 0 Å². The fourth-order valence-corrected chi connectivity index (χ4v) is 3.92. The Morgan fingerprint density at radius 1 is 1.53 bits per heavy atom. The maximum absolute atomic E-state index is 13.1. The van der Waals surface area contributed by atoms with Crippen molar-refractivity contribution >= 4 is 11.8 Å². The summed E-state index contributed by atoms with van der Waals surface area (Å²) in [6.07, 6.45) is -0.159. The molecule has 19 heavy (non-hydrogen) atoms. The smallest absolute Gasteiger partial charge is 0.271 e. The van der Waals surface area contributed by atoms with Gasteiger partial charge in [-0.3, -0.25) is 16.3 Å². The van der Waals surface area contributed by atoms with Gasteiger partial charge < -0.3 is 0 Å². The van der Waals surface area contributed by atoms with Crippen LogP contribution in [0.25, 0.3) is 0 Å². The molecular formula is C12H16F3N3S. The average molecular weight is 291 g/mol. The zero-order valence-corrected chi connectivity index (χ0v) is 11.3. The number of alkyl halides is 3. The molecule has 0 saturated carbocycles. The maximum Gasteiger partial charge on any atom is 0.416 e. The van der Waals surface area contributed by atoms with E-state index in [9.17, 15) is 13.2 Å². The zero-order valence-electron chi connectivity index (χ0n) is 10.5. The minimum atomic E-state index is -4.40. The van der Waals surface area contributed by atoms with Crippen molar-refractivity contribution in [3.8, 4) is 0 Å². The number of nitrogens with one attached hydrogen (secondary N) is 1. The maximum atomic E-state index is 13.1. The number of hydrogen-bond acceptors (Lipinski definition) is 4. The van der Waals surface area contributed by atoms with E-state index >= 15 is 0 Å². The Labute approximate surface area is 114 Å². The van der Waals surface area contributed by atoms with Gasteiger partial charge in [0.25, 0.3) is 0 Å². The highest BCUT2D eigenvalue weighted by molar-refractivity contribution is 8.00. The third kappa shape index (κ3) is 2.88. The van der Waals surface area contributed by atoms with Crippen LogP contribution in [0.1, 0.15) is 36.9 Å². The number of pyridine rings is 1. The SMILES string of the molecule is CC1(C(NN)c2cnccc2C(F)(F)F)CCCS1. The molecule has 0 bridgehead atoms.